The van der Waals surface area contributed by atoms with Gasteiger partial charge in [-0.05, 0) is 116 Å². The summed E-state index contributed by atoms with van der Waals surface area (Å²) in [5.41, 5.74) is 3.03. The van der Waals surface area contributed by atoms with Crippen molar-refractivity contribution in [2.45, 2.75) is 119 Å². The minimum Gasteiger partial charge on any atom is -0.393 e. The fraction of sp³-hybridized carbons (Fsp3) is 0.931. The first-order chi connectivity index (χ1) is 14.0. The van der Waals surface area contributed by atoms with Crippen LogP contribution >= 0.6 is 0 Å². The second-order valence-electron chi connectivity index (χ2n) is 13.8. The summed E-state index contributed by atoms with van der Waals surface area (Å²) in [4.78, 5) is 0. The summed E-state index contributed by atoms with van der Waals surface area (Å²) in [7, 11) is 0. The van der Waals surface area contributed by atoms with E-state index in [0.29, 0.717) is 16.2 Å². The minimum atomic E-state index is -0.0827. The van der Waals surface area contributed by atoms with Crippen LogP contribution in [0, 0.1) is 51.8 Å². The molecule has 0 spiro atoms. The van der Waals surface area contributed by atoms with Crippen molar-refractivity contribution in [3.05, 3.63) is 11.6 Å². The highest BCUT2D eigenvalue weighted by Crippen LogP contribution is 2.67. The topological polar surface area (TPSA) is 20.2 Å². The summed E-state index contributed by atoms with van der Waals surface area (Å²) in [5, 5.41) is 10.3. The van der Waals surface area contributed by atoms with Crippen LogP contribution in [-0.2, 0) is 0 Å². The zero-order valence-electron chi connectivity index (χ0n) is 21.1. The van der Waals surface area contributed by atoms with Gasteiger partial charge in [0, 0.05) is 0 Å². The second kappa shape index (κ2) is 7.93. The Bertz CT molecular complexity index is 659. The molecule has 1 nitrogen and oxygen atoms in total. The van der Waals surface area contributed by atoms with Crippen LogP contribution in [0.3, 0.4) is 0 Å². The third-order valence-electron chi connectivity index (χ3n) is 10.7. The molecular weight excluding hydrogens is 364 g/mol. The highest BCUT2D eigenvalue weighted by atomic mass is 16.3. The average Bonchev–Trinajstić information content (AvgIpc) is 2.98. The van der Waals surface area contributed by atoms with Crippen LogP contribution in [0.2, 0.25) is 0 Å². The zero-order valence-corrected chi connectivity index (χ0v) is 21.1. The molecule has 1 N–H and O–H groups in total. The monoisotopic (exact) mass is 414 g/mol. The summed E-state index contributed by atoms with van der Waals surface area (Å²) in [6, 6.07) is 0. The van der Waals surface area contributed by atoms with Crippen LogP contribution in [0.5, 0.6) is 0 Å². The van der Waals surface area contributed by atoms with Gasteiger partial charge >= 0.3 is 0 Å². The molecule has 4 aliphatic carbocycles. The van der Waals surface area contributed by atoms with E-state index in [2.05, 4.69) is 54.5 Å². The van der Waals surface area contributed by atoms with Crippen molar-refractivity contribution in [1.29, 1.82) is 0 Å². The molecule has 0 aliphatic heterocycles. The maximum atomic E-state index is 10.3. The smallest absolute Gasteiger partial charge is 0.0577 e. The maximum absolute atomic E-state index is 10.3. The predicted octanol–water partition coefficient (Wildman–Crippen LogP) is 8.02. The van der Waals surface area contributed by atoms with Crippen LogP contribution < -0.4 is 0 Å². The predicted molar refractivity (Wildman–Crippen MR) is 128 cm³/mol. The van der Waals surface area contributed by atoms with Gasteiger partial charge in [0.2, 0.25) is 0 Å². The highest BCUT2D eigenvalue weighted by molar-refractivity contribution is 5.25. The molecule has 0 amide bonds. The Hall–Kier alpha value is -0.300. The van der Waals surface area contributed by atoms with Gasteiger partial charge in [0.1, 0.15) is 0 Å². The van der Waals surface area contributed by atoms with E-state index < -0.39 is 0 Å². The largest absolute Gasteiger partial charge is 0.393 e. The van der Waals surface area contributed by atoms with Crippen molar-refractivity contribution >= 4 is 0 Å². The molecule has 3 saturated carbocycles. The molecule has 0 radical (unpaired) electrons. The Morgan fingerprint density at radius 2 is 1.73 bits per heavy atom. The van der Waals surface area contributed by atoms with Gasteiger partial charge in [-0.2, -0.15) is 0 Å². The molecule has 3 fully saturated rings. The first-order valence-electron chi connectivity index (χ1n) is 13.3. The molecule has 1 heteroatoms. The van der Waals surface area contributed by atoms with E-state index in [9.17, 15) is 5.11 Å². The number of hydrogen-bond acceptors (Lipinski definition) is 1. The van der Waals surface area contributed by atoms with Crippen molar-refractivity contribution in [2.24, 2.45) is 51.8 Å². The van der Waals surface area contributed by atoms with Crippen molar-refractivity contribution in [3.63, 3.8) is 0 Å². The Kier molecular flexibility index (Phi) is 6.05. The van der Waals surface area contributed by atoms with E-state index in [1.807, 2.05) is 0 Å². The number of allylic oxidation sites excluding steroid dienone is 1. The Balaban J connectivity index is 1.51. The van der Waals surface area contributed by atoms with E-state index in [1.54, 1.807) is 5.57 Å². The number of aliphatic hydroxyl groups excluding tert-OH is 1. The fourth-order valence-electron chi connectivity index (χ4n) is 9.82. The Morgan fingerprint density at radius 3 is 2.43 bits per heavy atom. The van der Waals surface area contributed by atoms with Gasteiger partial charge in [-0.3, -0.25) is 0 Å². The molecule has 0 heterocycles. The van der Waals surface area contributed by atoms with Crippen LogP contribution in [-0.4, -0.2) is 11.2 Å². The quantitative estimate of drug-likeness (QED) is 0.451. The molecule has 172 valence electrons. The molecule has 1 unspecified atom stereocenters. The lowest BCUT2D eigenvalue weighted by Crippen LogP contribution is -2.51. The van der Waals surface area contributed by atoms with Gasteiger partial charge in [-0.25, -0.2) is 0 Å². The van der Waals surface area contributed by atoms with Crippen LogP contribution in [0.15, 0.2) is 11.6 Å². The normalized spacial score (nSPS) is 44.8. The average molecular weight is 415 g/mol. The summed E-state index contributed by atoms with van der Waals surface area (Å²) in [6.07, 6.45) is 15.6. The number of fused-ring (bicyclic) bond motifs is 5. The van der Waals surface area contributed by atoms with Gasteiger partial charge in [-0.15, -0.1) is 0 Å². The van der Waals surface area contributed by atoms with E-state index >= 15 is 0 Å². The minimum absolute atomic E-state index is 0.0827. The van der Waals surface area contributed by atoms with E-state index in [1.165, 1.54) is 51.4 Å². The lowest BCUT2D eigenvalue weighted by molar-refractivity contribution is -0.0593. The molecule has 4 rings (SSSR count). The molecule has 0 saturated heterocycles. The Labute approximate surface area is 187 Å². The van der Waals surface area contributed by atoms with Gasteiger partial charge in [0.25, 0.3) is 0 Å². The van der Waals surface area contributed by atoms with Crippen molar-refractivity contribution in [1.82, 2.24) is 0 Å². The van der Waals surface area contributed by atoms with Crippen molar-refractivity contribution in [3.8, 4) is 0 Å². The lowest BCUT2D eigenvalue weighted by Gasteiger charge is -2.58. The Morgan fingerprint density at radius 1 is 1.00 bits per heavy atom. The fourth-order valence-corrected chi connectivity index (χ4v) is 9.82. The molecule has 0 aromatic heterocycles. The van der Waals surface area contributed by atoms with Gasteiger partial charge in [0.15, 0.2) is 0 Å². The first-order valence-corrected chi connectivity index (χ1v) is 13.3. The van der Waals surface area contributed by atoms with Crippen molar-refractivity contribution < 1.29 is 5.11 Å². The van der Waals surface area contributed by atoms with Gasteiger partial charge in [0.05, 0.1) is 6.10 Å². The van der Waals surface area contributed by atoms with E-state index in [0.717, 1.165) is 48.3 Å². The molecule has 30 heavy (non-hydrogen) atoms. The highest BCUT2D eigenvalue weighted by Gasteiger charge is 2.59. The zero-order chi connectivity index (χ0) is 21.9. The summed E-state index contributed by atoms with van der Waals surface area (Å²) in [6.45, 7) is 17.7. The molecule has 0 bridgehead atoms. The maximum Gasteiger partial charge on any atom is 0.0577 e. The molecule has 0 aromatic rings. The molecular formula is C29H50O. The van der Waals surface area contributed by atoms with Crippen LogP contribution in [0.4, 0.5) is 0 Å². The van der Waals surface area contributed by atoms with Gasteiger partial charge in [-0.1, -0.05) is 60.1 Å². The summed E-state index contributed by atoms with van der Waals surface area (Å²) >= 11 is 0. The van der Waals surface area contributed by atoms with Crippen LogP contribution in [0.1, 0.15) is 113 Å². The molecule has 8 atom stereocenters. The summed E-state index contributed by atoms with van der Waals surface area (Å²) < 4.78 is 0. The number of hydrogen-bond donors (Lipinski definition) is 1. The standard InChI is InChI=1S/C29H50O/c1-19(2)17-27(4,5)18-20(3)24-10-11-25-23-9-8-21-16-22(30)12-14-28(21,6)26(23)13-15-29(24,25)7/h8,19-20,22-26,30H,9-18H2,1-7H3/t20?,22-,23-,24+,25-,26-,28-,29+/m0/s1. The third-order valence-corrected chi connectivity index (χ3v) is 10.7. The molecule has 4 aliphatic rings. The summed E-state index contributed by atoms with van der Waals surface area (Å²) in [5.74, 6) is 5.26. The molecule has 0 aromatic carbocycles. The van der Waals surface area contributed by atoms with E-state index in [4.69, 9.17) is 0 Å². The number of rotatable bonds is 5. The second-order valence-corrected chi connectivity index (χ2v) is 13.8. The number of aliphatic hydroxyl groups is 1. The third kappa shape index (κ3) is 3.84. The SMILES string of the molecule is CC(C)CC(C)(C)CC(C)[C@H]1CC[C@H]2[C@@H]3CC=C4C[C@@H](O)CC[C@]4(C)[C@H]3CC[C@]12C. The van der Waals surface area contributed by atoms with E-state index in [-0.39, 0.29) is 6.10 Å². The van der Waals surface area contributed by atoms with Gasteiger partial charge < -0.3 is 5.11 Å². The van der Waals surface area contributed by atoms with Crippen LogP contribution in [0.25, 0.3) is 0 Å². The first kappa shape index (κ1) is 22.9. The lowest BCUT2D eigenvalue weighted by atomic mass is 9.47. The van der Waals surface area contributed by atoms with Crippen molar-refractivity contribution in [2.75, 3.05) is 0 Å².